The van der Waals surface area contributed by atoms with Gasteiger partial charge in [0.1, 0.15) is 6.04 Å². The highest BCUT2D eigenvalue weighted by Gasteiger charge is 2.50. The summed E-state index contributed by atoms with van der Waals surface area (Å²) < 4.78 is 17.3. The fourth-order valence-corrected chi connectivity index (χ4v) is 6.11. The Morgan fingerprint density at radius 2 is 1.59 bits per heavy atom. The first-order chi connectivity index (χ1) is 17.7. The standard InChI is InChI=1S/C18H33BO4.C9H18BNO4.CH4/c1-7-21-16(20)15-12-13(2)11-14(15)9-8-10-19-22-17(3,4)18(5,6)23-19;1-6-5-7(3-2-4-10(14)15)8(11-6)9(12)13;/h13-15H,7-12H2,1-6H3;6-8,11,14-15H,2-5H2,1H3,(H,12,13);1H4. The Morgan fingerprint density at radius 3 is 2.13 bits per heavy atom. The van der Waals surface area contributed by atoms with Crippen LogP contribution in [-0.2, 0) is 23.6 Å². The fraction of sp³-hybridized carbons (Fsp3) is 0.929. The number of rotatable bonds is 11. The van der Waals surface area contributed by atoms with Crippen molar-refractivity contribution in [1.29, 1.82) is 0 Å². The largest absolute Gasteiger partial charge is 0.480 e. The molecular weight excluding hydrogens is 500 g/mol. The number of carbonyl (C=O) groups excluding carboxylic acids is 1. The summed E-state index contributed by atoms with van der Waals surface area (Å²) in [5.41, 5.74) is -0.514. The molecule has 1 aliphatic carbocycles. The van der Waals surface area contributed by atoms with E-state index < -0.39 is 19.1 Å². The first-order valence-corrected chi connectivity index (χ1v) is 14.5. The third kappa shape index (κ3) is 10.7. The maximum absolute atomic E-state index is 12.1. The number of carboxylic acid groups (broad SMARTS) is 1. The van der Waals surface area contributed by atoms with Gasteiger partial charge < -0.3 is 34.5 Å². The number of esters is 1. The topological polar surface area (TPSA) is 135 Å². The lowest BCUT2D eigenvalue weighted by molar-refractivity contribution is -0.149. The smallest absolute Gasteiger partial charge is 0.457 e. The summed E-state index contributed by atoms with van der Waals surface area (Å²) in [6.45, 7) is 14.9. The molecule has 0 bridgehead atoms. The van der Waals surface area contributed by atoms with Gasteiger partial charge in [-0.2, -0.15) is 0 Å². The molecule has 3 rings (SSSR count). The average Bonchev–Trinajstić information content (AvgIpc) is 3.41. The van der Waals surface area contributed by atoms with Gasteiger partial charge in [-0.25, -0.2) is 0 Å². The van der Waals surface area contributed by atoms with E-state index in [1.807, 2.05) is 13.8 Å². The van der Waals surface area contributed by atoms with Crippen LogP contribution in [0.5, 0.6) is 0 Å². The summed E-state index contributed by atoms with van der Waals surface area (Å²) in [4.78, 5) is 23.0. The van der Waals surface area contributed by atoms with Crippen LogP contribution in [0.15, 0.2) is 0 Å². The van der Waals surface area contributed by atoms with Gasteiger partial charge in [-0.15, -0.1) is 0 Å². The molecule has 3 aliphatic rings. The van der Waals surface area contributed by atoms with Gasteiger partial charge in [0.2, 0.25) is 0 Å². The number of hydrogen-bond acceptors (Lipinski definition) is 8. The van der Waals surface area contributed by atoms with E-state index in [2.05, 4.69) is 39.9 Å². The van der Waals surface area contributed by atoms with Crippen LogP contribution < -0.4 is 5.32 Å². The molecule has 6 unspecified atom stereocenters. The van der Waals surface area contributed by atoms with E-state index >= 15 is 0 Å². The van der Waals surface area contributed by atoms with Gasteiger partial charge in [0.15, 0.2) is 0 Å². The summed E-state index contributed by atoms with van der Waals surface area (Å²) >= 11 is 0. The van der Waals surface area contributed by atoms with Crippen LogP contribution in [0.3, 0.4) is 0 Å². The van der Waals surface area contributed by atoms with Crippen LogP contribution >= 0.6 is 0 Å². The molecule has 11 heteroatoms. The van der Waals surface area contributed by atoms with Gasteiger partial charge in [0, 0.05) is 6.04 Å². The van der Waals surface area contributed by atoms with Crippen molar-refractivity contribution in [1.82, 2.24) is 5.32 Å². The van der Waals surface area contributed by atoms with Crippen LogP contribution in [-0.4, -0.2) is 71.2 Å². The molecule has 2 heterocycles. The third-order valence-electron chi connectivity index (χ3n) is 8.73. The molecule has 1 saturated carbocycles. The van der Waals surface area contributed by atoms with Crippen LogP contribution in [0.2, 0.25) is 12.6 Å². The van der Waals surface area contributed by atoms with E-state index in [9.17, 15) is 9.59 Å². The second-order valence-corrected chi connectivity index (χ2v) is 12.6. The zero-order chi connectivity index (χ0) is 28.7. The van der Waals surface area contributed by atoms with Gasteiger partial charge in [-0.3, -0.25) is 9.59 Å². The summed E-state index contributed by atoms with van der Waals surface area (Å²) in [5.74, 6) is 0.448. The van der Waals surface area contributed by atoms with Crippen LogP contribution in [0, 0.1) is 23.7 Å². The van der Waals surface area contributed by atoms with Gasteiger partial charge in [-0.1, -0.05) is 33.6 Å². The molecule has 0 aromatic carbocycles. The molecule has 9 nitrogen and oxygen atoms in total. The Kier molecular flexibility index (Phi) is 14.5. The molecule has 0 radical (unpaired) electrons. The summed E-state index contributed by atoms with van der Waals surface area (Å²) in [5, 5.41) is 29.3. The maximum Gasteiger partial charge on any atom is 0.457 e. The minimum absolute atomic E-state index is 0. The molecule has 39 heavy (non-hydrogen) atoms. The zero-order valence-corrected chi connectivity index (χ0v) is 24.6. The highest BCUT2D eigenvalue weighted by atomic mass is 16.7. The number of aliphatic carboxylic acids is 1. The fourth-order valence-electron chi connectivity index (χ4n) is 6.11. The molecule has 0 aromatic heterocycles. The van der Waals surface area contributed by atoms with Crippen molar-refractivity contribution in [3.05, 3.63) is 0 Å². The van der Waals surface area contributed by atoms with Crippen molar-refractivity contribution in [2.75, 3.05) is 6.61 Å². The van der Waals surface area contributed by atoms with Crippen molar-refractivity contribution < 1.29 is 38.8 Å². The molecule has 226 valence electrons. The van der Waals surface area contributed by atoms with E-state index in [-0.39, 0.29) is 49.6 Å². The zero-order valence-electron chi connectivity index (χ0n) is 24.6. The van der Waals surface area contributed by atoms with Crippen molar-refractivity contribution in [2.24, 2.45) is 23.7 Å². The van der Waals surface area contributed by atoms with Crippen molar-refractivity contribution in [2.45, 2.75) is 137 Å². The number of carboxylic acids is 1. The molecule has 3 fully saturated rings. The Labute approximate surface area is 237 Å². The summed E-state index contributed by atoms with van der Waals surface area (Å²) in [6, 6.07) is -0.244. The maximum atomic E-state index is 12.1. The van der Waals surface area contributed by atoms with Gasteiger partial charge in [-0.05, 0) is 97.6 Å². The van der Waals surface area contributed by atoms with Crippen molar-refractivity contribution in [3.63, 3.8) is 0 Å². The van der Waals surface area contributed by atoms with E-state index in [0.717, 1.165) is 44.8 Å². The number of ether oxygens (including phenoxy) is 1. The van der Waals surface area contributed by atoms with Gasteiger partial charge in [0.25, 0.3) is 0 Å². The minimum atomic E-state index is -1.28. The van der Waals surface area contributed by atoms with E-state index in [4.69, 9.17) is 29.2 Å². The molecule has 6 atom stereocenters. The predicted octanol–water partition coefficient (Wildman–Crippen LogP) is 4.41. The highest BCUT2D eigenvalue weighted by molar-refractivity contribution is 6.45. The highest BCUT2D eigenvalue weighted by Crippen LogP contribution is 2.41. The Morgan fingerprint density at radius 1 is 1.00 bits per heavy atom. The minimum Gasteiger partial charge on any atom is -0.480 e. The van der Waals surface area contributed by atoms with Crippen molar-refractivity contribution in [3.8, 4) is 0 Å². The normalized spacial score (nSPS) is 30.7. The quantitative estimate of drug-likeness (QED) is 0.216. The van der Waals surface area contributed by atoms with Crippen LogP contribution in [0.25, 0.3) is 0 Å². The Hall–Kier alpha value is -1.13. The first kappa shape index (κ1) is 35.9. The van der Waals surface area contributed by atoms with E-state index in [0.29, 0.717) is 31.2 Å². The molecule has 2 saturated heterocycles. The van der Waals surface area contributed by atoms with Crippen LogP contribution in [0.4, 0.5) is 0 Å². The first-order valence-electron chi connectivity index (χ1n) is 14.5. The molecular formula is C28H55B2NO8. The van der Waals surface area contributed by atoms with Crippen molar-refractivity contribution >= 4 is 26.2 Å². The summed E-state index contributed by atoms with van der Waals surface area (Å²) in [7, 11) is -1.40. The van der Waals surface area contributed by atoms with Gasteiger partial charge >= 0.3 is 26.2 Å². The van der Waals surface area contributed by atoms with Gasteiger partial charge in [0.05, 0.1) is 23.7 Å². The number of nitrogens with one attached hydrogen (secondary N) is 1. The monoisotopic (exact) mass is 555 g/mol. The number of hydrogen-bond donors (Lipinski definition) is 4. The lowest BCUT2D eigenvalue weighted by Gasteiger charge is -2.32. The van der Waals surface area contributed by atoms with E-state index in [1.165, 1.54) is 0 Å². The lowest BCUT2D eigenvalue weighted by atomic mass is 9.79. The molecule has 0 aromatic rings. The molecule has 0 spiro atoms. The lowest BCUT2D eigenvalue weighted by Crippen LogP contribution is -2.41. The SMILES string of the molecule is C.CC1CC(CCCB(O)O)C(C(=O)O)N1.CCOC(=O)C1CC(C)CC1CCCB1OC(C)(C)C(C)(C)O1. The molecule has 0 amide bonds. The number of carbonyl (C=O) groups is 2. The van der Waals surface area contributed by atoms with Crippen LogP contribution in [0.1, 0.15) is 101 Å². The second kappa shape index (κ2) is 15.8. The Balaban J connectivity index is 0.000000414. The molecule has 2 aliphatic heterocycles. The average molecular weight is 555 g/mol. The second-order valence-electron chi connectivity index (χ2n) is 12.6. The Bertz CT molecular complexity index is 750. The molecule has 4 N–H and O–H groups in total. The summed E-state index contributed by atoms with van der Waals surface area (Å²) in [6.07, 6.45) is 7.63. The third-order valence-corrected chi connectivity index (χ3v) is 8.73. The van der Waals surface area contributed by atoms with E-state index in [1.54, 1.807) is 0 Å². The predicted molar refractivity (Wildman–Crippen MR) is 155 cm³/mol.